The number of halogens is 1. The maximum atomic E-state index is 15.6. The van der Waals surface area contributed by atoms with Gasteiger partial charge in [-0.3, -0.25) is 4.57 Å². The van der Waals surface area contributed by atoms with Gasteiger partial charge in [0.15, 0.2) is 5.82 Å². The Balaban J connectivity index is 0.00000105. The average Bonchev–Trinajstić information content (AvgIpc) is 3.43. The van der Waals surface area contributed by atoms with E-state index >= 15 is 4.39 Å². The van der Waals surface area contributed by atoms with Crippen LogP contribution in [0.3, 0.4) is 0 Å². The largest absolute Gasteiger partial charge is 0.369 e. The molecule has 0 radical (unpaired) electrons. The summed E-state index contributed by atoms with van der Waals surface area (Å²) < 4.78 is 17.7. The number of para-hydroxylation sites is 1. The fraction of sp³-hybridized carbons (Fsp3) is 0.385. The van der Waals surface area contributed by atoms with E-state index in [1.165, 1.54) is 16.5 Å². The molecule has 3 heterocycles. The van der Waals surface area contributed by atoms with Crippen LogP contribution in [0.15, 0.2) is 30.5 Å². The molecule has 2 aliphatic rings. The van der Waals surface area contributed by atoms with Gasteiger partial charge < -0.3 is 10.3 Å². The Bertz CT molecular complexity index is 1340. The number of nitrogens with one attached hydrogen (secondary N) is 2. The highest BCUT2D eigenvalue weighted by molar-refractivity contribution is 5.98. The monoisotopic (exact) mass is 431 g/mol. The van der Waals surface area contributed by atoms with Crippen molar-refractivity contribution in [3.8, 4) is 16.8 Å². The van der Waals surface area contributed by atoms with Crippen LogP contribution in [0.25, 0.3) is 27.7 Å². The Hall–Kier alpha value is -3.15. The van der Waals surface area contributed by atoms with Crippen molar-refractivity contribution < 1.29 is 4.39 Å². The number of nitrogens with zero attached hydrogens (tertiary/aromatic N) is 3. The minimum atomic E-state index is -0.506. The predicted molar refractivity (Wildman–Crippen MR) is 128 cm³/mol. The number of rotatable bonds is 2. The summed E-state index contributed by atoms with van der Waals surface area (Å²) in [6.07, 6.45) is 4.25. The molecule has 2 N–H and O–H groups in total. The maximum absolute atomic E-state index is 15.6. The first kappa shape index (κ1) is 20.7. The molecule has 0 unspecified atom stereocenters. The molecule has 0 spiro atoms. The average molecular weight is 432 g/mol. The van der Waals surface area contributed by atoms with Crippen molar-refractivity contribution in [3.05, 3.63) is 59.1 Å². The van der Waals surface area contributed by atoms with Gasteiger partial charge in [0.05, 0.1) is 22.4 Å². The van der Waals surface area contributed by atoms with Crippen molar-refractivity contribution in [2.75, 3.05) is 5.32 Å². The van der Waals surface area contributed by atoms with Gasteiger partial charge in [0.1, 0.15) is 11.6 Å². The Morgan fingerprint density at radius 1 is 1.09 bits per heavy atom. The van der Waals surface area contributed by atoms with E-state index < -0.39 is 5.54 Å². The molecule has 1 saturated carbocycles. The van der Waals surface area contributed by atoms with Crippen LogP contribution < -0.4 is 5.32 Å². The quantitative estimate of drug-likeness (QED) is 0.370. The van der Waals surface area contributed by atoms with Gasteiger partial charge in [0, 0.05) is 17.1 Å². The molecule has 166 valence electrons. The molecule has 0 saturated heterocycles. The van der Waals surface area contributed by atoms with Gasteiger partial charge in [-0.15, -0.1) is 10.2 Å². The van der Waals surface area contributed by atoms with Gasteiger partial charge in [0.25, 0.3) is 0 Å². The summed E-state index contributed by atoms with van der Waals surface area (Å²) in [7, 11) is 0. The number of aryl methyl sites for hydroxylation is 2. The SMILES string of the molecule is CC.Cc1c[nH]c2c(-c3cc(F)c4c(c3C3CC3)-n3c(C)nnc3C(C)(C)N4)cccc12. The highest BCUT2D eigenvalue weighted by Crippen LogP contribution is 2.53. The van der Waals surface area contributed by atoms with Crippen LogP contribution in [0.2, 0.25) is 0 Å². The third-order valence-electron chi connectivity index (χ3n) is 6.54. The van der Waals surface area contributed by atoms with E-state index in [9.17, 15) is 0 Å². The lowest BCUT2D eigenvalue weighted by molar-refractivity contribution is 0.521. The lowest BCUT2D eigenvalue weighted by Crippen LogP contribution is -2.37. The zero-order valence-corrected chi connectivity index (χ0v) is 19.6. The summed E-state index contributed by atoms with van der Waals surface area (Å²) >= 11 is 0. The smallest absolute Gasteiger partial charge is 0.162 e. The lowest BCUT2D eigenvalue weighted by atomic mass is 9.89. The highest BCUT2D eigenvalue weighted by Gasteiger charge is 2.41. The predicted octanol–water partition coefficient (Wildman–Crippen LogP) is 6.74. The number of fused-ring (bicyclic) bond motifs is 4. The molecule has 1 aliphatic heterocycles. The third-order valence-corrected chi connectivity index (χ3v) is 6.54. The molecule has 6 rings (SSSR count). The molecule has 32 heavy (non-hydrogen) atoms. The highest BCUT2D eigenvalue weighted by atomic mass is 19.1. The molecule has 1 aliphatic carbocycles. The van der Waals surface area contributed by atoms with Crippen LogP contribution in [-0.4, -0.2) is 19.7 Å². The van der Waals surface area contributed by atoms with Crippen LogP contribution in [0.5, 0.6) is 0 Å². The van der Waals surface area contributed by atoms with Crippen LogP contribution in [0.4, 0.5) is 10.1 Å². The first-order valence-corrected chi connectivity index (χ1v) is 11.5. The summed E-state index contributed by atoms with van der Waals surface area (Å²) in [6.45, 7) is 12.1. The van der Waals surface area contributed by atoms with Crippen molar-refractivity contribution in [3.63, 3.8) is 0 Å². The Morgan fingerprint density at radius 3 is 2.56 bits per heavy atom. The summed E-state index contributed by atoms with van der Waals surface area (Å²) in [5.74, 6) is 1.78. The number of hydrogen-bond acceptors (Lipinski definition) is 3. The summed E-state index contributed by atoms with van der Waals surface area (Å²) in [5.41, 5.74) is 6.37. The fourth-order valence-corrected chi connectivity index (χ4v) is 4.93. The molecular formula is C26H30FN5. The van der Waals surface area contributed by atoms with Gasteiger partial charge in [0.2, 0.25) is 0 Å². The molecular weight excluding hydrogens is 401 g/mol. The number of benzene rings is 2. The summed E-state index contributed by atoms with van der Waals surface area (Å²) in [6, 6.07) is 7.97. The first-order valence-electron chi connectivity index (χ1n) is 11.5. The van der Waals surface area contributed by atoms with E-state index in [0.29, 0.717) is 11.6 Å². The van der Waals surface area contributed by atoms with Crippen molar-refractivity contribution in [2.24, 2.45) is 0 Å². The van der Waals surface area contributed by atoms with Gasteiger partial charge in [-0.2, -0.15) is 0 Å². The standard InChI is InChI=1S/C24H24FN5.C2H6/c1-12-11-26-20-15(12)6-5-7-16(20)17-10-18(25)21-22(19(17)14-8-9-14)30-13(2)28-29-23(30)24(3,4)27-21;1-2/h5-7,10-11,14,26-27H,8-9H2,1-4H3;1-2H3. The number of anilines is 1. The molecule has 2 aromatic carbocycles. The van der Waals surface area contributed by atoms with E-state index in [-0.39, 0.29) is 5.82 Å². The van der Waals surface area contributed by atoms with Crippen molar-refractivity contribution in [1.82, 2.24) is 19.7 Å². The summed E-state index contributed by atoms with van der Waals surface area (Å²) in [5, 5.41) is 13.4. The van der Waals surface area contributed by atoms with Gasteiger partial charge in [-0.1, -0.05) is 32.0 Å². The van der Waals surface area contributed by atoms with Crippen LogP contribution >= 0.6 is 0 Å². The molecule has 1 fully saturated rings. The van der Waals surface area contributed by atoms with E-state index in [2.05, 4.69) is 50.2 Å². The number of hydrogen-bond donors (Lipinski definition) is 2. The van der Waals surface area contributed by atoms with E-state index in [1.807, 2.05) is 40.8 Å². The first-order chi connectivity index (χ1) is 15.4. The normalized spacial score (nSPS) is 16.1. The van der Waals surface area contributed by atoms with Crippen molar-refractivity contribution in [1.29, 1.82) is 0 Å². The minimum Gasteiger partial charge on any atom is -0.369 e. The van der Waals surface area contributed by atoms with Crippen LogP contribution in [-0.2, 0) is 5.54 Å². The second-order valence-corrected chi connectivity index (χ2v) is 9.17. The van der Waals surface area contributed by atoms with Crippen molar-refractivity contribution in [2.45, 2.75) is 65.8 Å². The van der Waals surface area contributed by atoms with Crippen LogP contribution in [0, 0.1) is 19.7 Å². The van der Waals surface area contributed by atoms with E-state index in [4.69, 9.17) is 0 Å². The zero-order chi connectivity index (χ0) is 22.8. The summed E-state index contributed by atoms with van der Waals surface area (Å²) in [4.78, 5) is 3.41. The third kappa shape index (κ3) is 2.89. The topological polar surface area (TPSA) is 58.5 Å². The second kappa shape index (κ2) is 7.19. The Kier molecular flexibility index (Phi) is 4.66. The molecule has 6 heteroatoms. The van der Waals surface area contributed by atoms with Gasteiger partial charge in [-0.05, 0) is 69.2 Å². The van der Waals surface area contributed by atoms with Gasteiger partial charge in [-0.25, -0.2) is 4.39 Å². The minimum absolute atomic E-state index is 0.239. The fourth-order valence-electron chi connectivity index (χ4n) is 4.93. The molecule has 2 aromatic heterocycles. The maximum Gasteiger partial charge on any atom is 0.162 e. The molecule has 5 nitrogen and oxygen atoms in total. The Labute approximate surface area is 188 Å². The van der Waals surface area contributed by atoms with Crippen LogP contribution in [0.1, 0.15) is 69.2 Å². The molecule has 0 atom stereocenters. The zero-order valence-electron chi connectivity index (χ0n) is 19.6. The molecule has 4 aromatic rings. The van der Waals surface area contributed by atoms with E-state index in [0.717, 1.165) is 46.8 Å². The van der Waals surface area contributed by atoms with Crippen molar-refractivity contribution >= 4 is 16.6 Å². The number of aromatic nitrogens is 4. The lowest BCUT2D eigenvalue weighted by Gasteiger charge is -2.36. The van der Waals surface area contributed by atoms with Gasteiger partial charge >= 0.3 is 0 Å². The number of aromatic amines is 1. The number of H-pyrrole nitrogens is 1. The second-order valence-electron chi connectivity index (χ2n) is 9.17. The molecule has 0 amide bonds. The Morgan fingerprint density at radius 2 is 1.84 bits per heavy atom. The van der Waals surface area contributed by atoms with E-state index in [1.54, 1.807) is 6.07 Å². The molecule has 0 bridgehead atoms.